The zero-order valence-electron chi connectivity index (χ0n) is 11.6. The van der Waals surface area contributed by atoms with Crippen molar-refractivity contribution in [3.05, 3.63) is 60.2 Å². The summed E-state index contributed by atoms with van der Waals surface area (Å²) in [5.41, 5.74) is 3.04. The molecule has 104 valence electrons. The molecule has 0 aliphatic carbocycles. The van der Waals surface area contributed by atoms with Crippen LogP contribution in [0.4, 0.5) is 5.95 Å². The molecule has 0 atom stereocenters. The number of fused-ring (bicyclic) bond motifs is 3. The van der Waals surface area contributed by atoms with Crippen molar-refractivity contribution >= 4 is 22.8 Å². The molecule has 4 nitrogen and oxygen atoms in total. The first-order chi connectivity index (χ1) is 10.3. The maximum Gasteiger partial charge on any atom is 0.359 e. The number of carbonyl (C=O) groups excluding carboxylic acids is 1. The number of carbonyl (C=O) groups is 1. The second-order valence-electron chi connectivity index (χ2n) is 5.27. The first-order valence-electron chi connectivity index (χ1n) is 7.18. The molecule has 0 saturated heterocycles. The summed E-state index contributed by atoms with van der Waals surface area (Å²) in [6, 6.07) is 17.7. The first-order valence-corrected chi connectivity index (χ1v) is 7.18. The van der Waals surface area contributed by atoms with Crippen molar-refractivity contribution in [2.45, 2.75) is 13.1 Å². The second-order valence-corrected chi connectivity index (χ2v) is 5.27. The van der Waals surface area contributed by atoms with Gasteiger partial charge in [-0.2, -0.15) is 0 Å². The Bertz CT molecular complexity index is 821. The van der Waals surface area contributed by atoms with Gasteiger partial charge in [0, 0.05) is 5.56 Å². The van der Waals surface area contributed by atoms with E-state index in [1.807, 2.05) is 42.5 Å². The van der Waals surface area contributed by atoms with Gasteiger partial charge in [-0.3, -0.25) is 10.1 Å². The lowest BCUT2D eigenvalue weighted by Crippen LogP contribution is -2.29. The Labute approximate surface area is 122 Å². The monoisotopic (exact) mass is 278 g/mol. The third kappa shape index (κ3) is 1.91. The molecule has 1 N–H and O–H groups in total. The molecular formula is C17H16N3O+. The lowest BCUT2D eigenvalue weighted by atomic mass is 10.1. The molecule has 0 fully saturated rings. The average Bonchev–Trinajstić information content (AvgIpc) is 3.11. The van der Waals surface area contributed by atoms with E-state index in [1.165, 1.54) is 5.52 Å². The SMILES string of the molecule is O=C(Cn1c2[n+](c3ccccc31)CCN2)c1ccccc1. The van der Waals surface area contributed by atoms with Gasteiger partial charge in [-0.25, -0.2) is 9.13 Å². The molecule has 2 aromatic carbocycles. The lowest BCUT2D eigenvalue weighted by molar-refractivity contribution is -0.644. The molecule has 4 heteroatoms. The molecule has 2 heterocycles. The number of rotatable bonds is 3. The summed E-state index contributed by atoms with van der Waals surface area (Å²) >= 11 is 0. The van der Waals surface area contributed by atoms with Crippen molar-refractivity contribution in [3.63, 3.8) is 0 Å². The molecule has 1 aliphatic rings. The third-order valence-corrected chi connectivity index (χ3v) is 3.99. The Balaban J connectivity index is 1.79. The van der Waals surface area contributed by atoms with E-state index in [2.05, 4.69) is 26.6 Å². The zero-order valence-corrected chi connectivity index (χ0v) is 11.6. The van der Waals surface area contributed by atoms with Crippen molar-refractivity contribution < 1.29 is 9.36 Å². The van der Waals surface area contributed by atoms with E-state index >= 15 is 0 Å². The molecule has 0 radical (unpaired) electrons. The molecular weight excluding hydrogens is 262 g/mol. The number of nitrogens with zero attached hydrogens (tertiary/aromatic N) is 2. The van der Waals surface area contributed by atoms with Gasteiger partial charge < -0.3 is 0 Å². The summed E-state index contributed by atoms with van der Waals surface area (Å²) in [5, 5.41) is 3.39. The minimum absolute atomic E-state index is 0.133. The van der Waals surface area contributed by atoms with Crippen LogP contribution in [-0.2, 0) is 13.1 Å². The molecule has 0 spiro atoms. The maximum absolute atomic E-state index is 12.5. The van der Waals surface area contributed by atoms with E-state index in [1.54, 1.807) is 0 Å². The highest BCUT2D eigenvalue weighted by molar-refractivity contribution is 5.96. The van der Waals surface area contributed by atoms with Gasteiger partial charge >= 0.3 is 5.95 Å². The van der Waals surface area contributed by atoms with Gasteiger partial charge in [0.1, 0.15) is 24.1 Å². The first kappa shape index (κ1) is 12.1. The fourth-order valence-corrected chi connectivity index (χ4v) is 3.01. The summed E-state index contributed by atoms with van der Waals surface area (Å²) in [6.07, 6.45) is 0. The molecule has 21 heavy (non-hydrogen) atoms. The maximum atomic E-state index is 12.5. The zero-order chi connectivity index (χ0) is 14.2. The minimum atomic E-state index is 0.133. The van der Waals surface area contributed by atoms with Crippen LogP contribution in [0.5, 0.6) is 0 Å². The van der Waals surface area contributed by atoms with Crippen LogP contribution in [0.25, 0.3) is 11.0 Å². The van der Waals surface area contributed by atoms with Gasteiger partial charge in [0.05, 0.1) is 6.54 Å². The van der Waals surface area contributed by atoms with E-state index in [4.69, 9.17) is 0 Å². The topological polar surface area (TPSA) is 37.9 Å². The van der Waals surface area contributed by atoms with Gasteiger partial charge in [0.15, 0.2) is 5.78 Å². The fourth-order valence-electron chi connectivity index (χ4n) is 3.01. The molecule has 4 rings (SSSR count). The van der Waals surface area contributed by atoms with Crippen molar-refractivity contribution in [3.8, 4) is 0 Å². The third-order valence-electron chi connectivity index (χ3n) is 3.99. The lowest BCUT2D eigenvalue weighted by Gasteiger charge is -2.02. The molecule has 1 aliphatic heterocycles. The number of imidazole rings is 1. The number of Topliss-reactive ketones (excluding diaryl/α,β-unsaturated/α-hetero) is 1. The van der Waals surface area contributed by atoms with Crippen LogP contribution >= 0.6 is 0 Å². The summed E-state index contributed by atoms with van der Waals surface area (Å²) in [5.74, 6) is 1.16. The number of ketones is 1. The van der Waals surface area contributed by atoms with Crippen LogP contribution in [0.1, 0.15) is 10.4 Å². The molecule has 3 aromatic rings. The molecule has 0 unspecified atom stereocenters. The van der Waals surface area contributed by atoms with Crippen molar-refractivity contribution in [2.24, 2.45) is 0 Å². The molecule has 0 saturated carbocycles. The van der Waals surface area contributed by atoms with Gasteiger partial charge in [0.25, 0.3) is 0 Å². The summed E-state index contributed by atoms with van der Waals surface area (Å²) in [7, 11) is 0. The van der Waals surface area contributed by atoms with E-state index < -0.39 is 0 Å². The van der Waals surface area contributed by atoms with E-state index in [0.29, 0.717) is 6.54 Å². The van der Waals surface area contributed by atoms with Crippen LogP contribution < -0.4 is 9.88 Å². The number of hydrogen-bond donors (Lipinski definition) is 1. The van der Waals surface area contributed by atoms with Gasteiger partial charge in [-0.15, -0.1) is 0 Å². The molecule has 0 bridgehead atoms. The van der Waals surface area contributed by atoms with Crippen molar-refractivity contribution in [1.82, 2.24) is 4.57 Å². The predicted molar refractivity (Wildman–Crippen MR) is 81.4 cm³/mol. The van der Waals surface area contributed by atoms with Crippen LogP contribution in [0.2, 0.25) is 0 Å². The number of aromatic nitrogens is 2. The largest absolute Gasteiger partial charge is 0.359 e. The van der Waals surface area contributed by atoms with E-state index in [0.717, 1.165) is 30.1 Å². The van der Waals surface area contributed by atoms with Crippen LogP contribution in [0.3, 0.4) is 0 Å². The second kappa shape index (κ2) is 4.74. The number of para-hydroxylation sites is 2. The smallest absolute Gasteiger partial charge is 0.291 e. The van der Waals surface area contributed by atoms with E-state index in [9.17, 15) is 4.79 Å². The summed E-state index contributed by atoms with van der Waals surface area (Å²) < 4.78 is 4.32. The molecule has 1 aromatic heterocycles. The number of anilines is 1. The predicted octanol–water partition coefficient (Wildman–Crippen LogP) is 2.24. The molecule has 0 amide bonds. The summed E-state index contributed by atoms with van der Waals surface area (Å²) in [6.45, 7) is 2.22. The Morgan fingerprint density at radius 1 is 1.10 bits per heavy atom. The normalized spacial score (nSPS) is 13.1. The highest BCUT2D eigenvalue weighted by atomic mass is 16.1. The Hall–Kier alpha value is -2.62. The van der Waals surface area contributed by atoms with Crippen LogP contribution in [0.15, 0.2) is 54.6 Å². The number of hydrogen-bond acceptors (Lipinski definition) is 2. The highest BCUT2D eigenvalue weighted by Gasteiger charge is 2.28. The van der Waals surface area contributed by atoms with Crippen LogP contribution in [-0.4, -0.2) is 16.9 Å². The average molecular weight is 278 g/mol. The quantitative estimate of drug-likeness (QED) is 0.589. The minimum Gasteiger partial charge on any atom is -0.291 e. The van der Waals surface area contributed by atoms with Crippen LogP contribution in [0, 0.1) is 0 Å². The number of benzene rings is 2. The van der Waals surface area contributed by atoms with Gasteiger partial charge in [-0.05, 0) is 12.1 Å². The van der Waals surface area contributed by atoms with E-state index in [-0.39, 0.29) is 5.78 Å². The summed E-state index contributed by atoms with van der Waals surface area (Å²) in [4.78, 5) is 12.5. The van der Waals surface area contributed by atoms with Gasteiger partial charge in [0.2, 0.25) is 0 Å². The Morgan fingerprint density at radius 3 is 2.71 bits per heavy atom. The van der Waals surface area contributed by atoms with Crippen molar-refractivity contribution in [1.29, 1.82) is 0 Å². The standard InChI is InChI=1S/C17H15N3O/c21-16(13-6-2-1-3-7-13)12-20-15-9-5-4-8-14(15)19-11-10-18-17(19)20/h1-9H,10-12H2/p+1. The Kier molecular flexibility index (Phi) is 2.74. The fraction of sp³-hybridized carbons (Fsp3) is 0.176. The number of nitrogens with one attached hydrogen (secondary N) is 1. The van der Waals surface area contributed by atoms with Crippen molar-refractivity contribution in [2.75, 3.05) is 11.9 Å². The van der Waals surface area contributed by atoms with Gasteiger partial charge in [-0.1, -0.05) is 42.5 Å². The highest BCUT2D eigenvalue weighted by Crippen LogP contribution is 2.21. The Morgan fingerprint density at radius 2 is 1.86 bits per heavy atom.